The zero-order valence-electron chi connectivity index (χ0n) is 17.5. The third-order valence-electron chi connectivity index (χ3n) is 4.58. The minimum absolute atomic E-state index is 0.0879. The van der Waals surface area contributed by atoms with Crippen molar-refractivity contribution in [1.82, 2.24) is 5.32 Å². The third kappa shape index (κ3) is 7.01. The molecule has 0 spiro atoms. The first-order valence-corrected chi connectivity index (χ1v) is 10.3. The molecule has 0 atom stereocenters. The van der Waals surface area contributed by atoms with Crippen LogP contribution in [0.5, 0.6) is 11.5 Å². The Kier molecular flexibility index (Phi) is 8.25. The molecule has 0 aliphatic carbocycles. The van der Waals surface area contributed by atoms with Crippen molar-refractivity contribution in [3.8, 4) is 11.5 Å². The molecule has 3 aromatic rings. The van der Waals surface area contributed by atoms with Crippen molar-refractivity contribution in [3.05, 3.63) is 94.0 Å². The second-order valence-corrected chi connectivity index (χ2v) is 6.90. The first kappa shape index (κ1) is 22.1. The zero-order chi connectivity index (χ0) is 21.9. The summed E-state index contributed by atoms with van der Waals surface area (Å²) in [5, 5.41) is 17.3. The highest BCUT2D eigenvalue weighted by Crippen LogP contribution is 2.29. The normalized spacial score (nSPS) is 10.5. The van der Waals surface area contributed by atoms with Crippen LogP contribution in [0.15, 0.2) is 72.8 Å². The fraction of sp³-hybridized carbons (Fsp3) is 0.250. The van der Waals surface area contributed by atoms with Crippen LogP contribution < -0.4 is 20.1 Å². The lowest BCUT2D eigenvalue weighted by Gasteiger charge is -2.14. The quantitative estimate of drug-likeness (QED) is 0.249. The van der Waals surface area contributed by atoms with Crippen molar-refractivity contribution in [2.45, 2.75) is 20.1 Å². The number of nitro benzene ring substituents is 1. The van der Waals surface area contributed by atoms with Gasteiger partial charge >= 0.3 is 0 Å². The summed E-state index contributed by atoms with van der Waals surface area (Å²) in [6, 6.07) is 22.4. The Bertz CT molecular complexity index is 962. The molecular formula is C24H27N3O4. The molecule has 0 fully saturated rings. The van der Waals surface area contributed by atoms with E-state index in [4.69, 9.17) is 9.47 Å². The largest absolute Gasteiger partial charge is 0.490 e. The Balaban J connectivity index is 1.46. The van der Waals surface area contributed by atoms with Gasteiger partial charge in [-0.15, -0.1) is 0 Å². The van der Waals surface area contributed by atoms with Crippen LogP contribution >= 0.6 is 0 Å². The molecule has 7 nitrogen and oxygen atoms in total. The molecule has 162 valence electrons. The first-order chi connectivity index (χ1) is 15.2. The van der Waals surface area contributed by atoms with E-state index < -0.39 is 4.92 Å². The fourth-order valence-electron chi connectivity index (χ4n) is 3.01. The maximum Gasteiger partial charge on any atom is 0.269 e. The van der Waals surface area contributed by atoms with E-state index in [1.54, 1.807) is 12.1 Å². The number of hydrogen-bond donors (Lipinski definition) is 2. The average Bonchev–Trinajstić information content (AvgIpc) is 2.79. The first-order valence-electron chi connectivity index (χ1n) is 10.3. The number of nitrogens with one attached hydrogen (secondary N) is 2. The van der Waals surface area contributed by atoms with Crippen molar-refractivity contribution >= 4 is 11.4 Å². The summed E-state index contributed by atoms with van der Waals surface area (Å²) in [6.45, 7) is 5.16. The van der Waals surface area contributed by atoms with Crippen LogP contribution in [0.1, 0.15) is 18.1 Å². The van der Waals surface area contributed by atoms with E-state index in [0.717, 1.165) is 34.9 Å². The van der Waals surface area contributed by atoms with Gasteiger partial charge in [0.25, 0.3) is 5.69 Å². The number of hydrogen-bond acceptors (Lipinski definition) is 6. The fourth-order valence-corrected chi connectivity index (χ4v) is 3.01. The SMILES string of the molecule is CCOc1cc(CNCCNc2ccc([N+](=O)[O-])cc2)ccc1OCc1ccccc1. The minimum atomic E-state index is -0.403. The van der Waals surface area contributed by atoms with Gasteiger partial charge < -0.3 is 20.1 Å². The minimum Gasteiger partial charge on any atom is -0.490 e. The van der Waals surface area contributed by atoms with Crippen molar-refractivity contribution in [2.24, 2.45) is 0 Å². The van der Waals surface area contributed by atoms with Crippen molar-refractivity contribution in [3.63, 3.8) is 0 Å². The molecule has 0 amide bonds. The summed E-state index contributed by atoms with van der Waals surface area (Å²) in [5.74, 6) is 1.47. The molecular weight excluding hydrogens is 394 g/mol. The molecule has 3 aromatic carbocycles. The maximum atomic E-state index is 10.7. The van der Waals surface area contributed by atoms with E-state index in [2.05, 4.69) is 10.6 Å². The Morgan fingerprint density at radius 3 is 2.35 bits per heavy atom. The van der Waals surface area contributed by atoms with E-state index >= 15 is 0 Å². The van der Waals surface area contributed by atoms with Crippen LogP contribution in [0.2, 0.25) is 0 Å². The molecule has 31 heavy (non-hydrogen) atoms. The van der Waals surface area contributed by atoms with Crippen LogP contribution in [-0.4, -0.2) is 24.6 Å². The Morgan fingerprint density at radius 1 is 0.871 bits per heavy atom. The third-order valence-corrected chi connectivity index (χ3v) is 4.58. The van der Waals surface area contributed by atoms with E-state index in [-0.39, 0.29) is 5.69 Å². The molecule has 0 aromatic heterocycles. The van der Waals surface area contributed by atoms with Gasteiger partial charge in [0.1, 0.15) is 6.61 Å². The van der Waals surface area contributed by atoms with Gasteiger partial charge in [0.2, 0.25) is 0 Å². The van der Waals surface area contributed by atoms with Crippen LogP contribution in [0, 0.1) is 10.1 Å². The topological polar surface area (TPSA) is 85.7 Å². The number of benzene rings is 3. The number of nitrogens with zero attached hydrogens (tertiary/aromatic N) is 1. The summed E-state index contributed by atoms with van der Waals surface area (Å²) in [6.07, 6.45) is 0. The van der Waals surface area contributed by atoms with E-state index in [9.17, 15) is 10.1 Å². The summed E-state index contributed by atoms with van der Waals surface area (Å²) >= 11 is 0. The van der Waals surface area contributed by atoms with Crippen LogP contribution in [0.25, 0.3) is 0 Å². The summed E-state index contributed by atoms with van der Waals surface area (Å²) in [7, 11) is 0. The van der Waals surface area contributed by atoms with E-state index in [1.165, 1.54) is 12.1 Å². The highest BCUT2D eigenvalue weighted by Gasteiger charge is 2.07. The smallest absolute Gasteiger partial charge is 0.269 e. The lowest BCUT2D eigenvalue weighted by molar-refractivity contribution is -0.384. The highest BCUT2D eigenvalue weighted by molar-refractivity contribution is 5.48. The predicted octanol–water partition coefficient (Wildman–Crippen LogP) is 4.77. The average molecular weight is 421 g/mol. The molecule has 2 N–H and O–H groups in total. The number of ether oxygens (including phenoxy) is 2. The maximum absolute atomic E-state index is 10.7. The van der Waals surface area contributed by atoms with Gasteiger partial charge in [-0.05, 0) is 42.3 Å². The summed E-state index contributed by atoms with van der Waals surface area (Å²) in [4.78, 5) is 10.3. The number of non-ortho nitro benzene ring substituents is 1. The molecule has 0 saturated carbocycles. The molecule has 0 aliphatic rings. The van der Waals surface area contributed by atoms with Gasteiger partial charge in [-0.2, -0.15) is 0 Å². The zero-order valence-corrected chi connectivity index (χ0v) is 17.5. The molecule has 3 rings (SSSR count). The highest BCUT2D eigenvalue weighted by atomic mass is 16.6. The lowest BCUT2D eigenvalue weighted by Crippen LogP contribution is -2.21. The number of anilines is 1. The summed E-state index contributed by atoms with van der Waals surface area (Å²) in [5.41, 5.74) is 3.15. The Labute approximate surface area is 182 Å². The lowest BCUT2D eigenvalue weighted by atomic mass is 10.2. The predicted molar refractivity (Wildman–Crippen MR) is 122 cm³/mol. The molecule has 0 heterocycles. The molecule has 0 aliphatic heterocycles. The molecule has 0 unspecified atom stereocenters. The van der Waals surface area contributed by atoms with Gasteiger partial charge in [0, 0.05) is 37.5 Å². The van der Waals surface area contributed by atoms with Crippen LogP contribution in [-0.2, 0) is 13.2 Å². The van der Waals surface area contributed by atoms with Crippen LogP contribution in [0.3, 0.4) is 0 Å². The number of nitro groups is 1. The Hall–Kier alpha value is -3.58. The van der Waals surface area contributed by atoms with Gasteiger partial charge in [0.05, 0.1) is 11.5 Å². The number of rotatable bonds is 12. The molecule has 0 radical (unpaired) electrons. The van der Waals surface area contributed by atoms with Gasteiger partial charge in [0.15, 0.2) is 11.5 Å². The van der Waals surface area contributed by atoms with Crippen molar-refractivity contribution in [1.29, 1.82) is 0 Å². The van der Waals surface area contributed by atoms with E-state index in [0.29, 0.717) is 26.3 Å². The second-order valence-electron chi connectivity index (χ2n) is 6.90. The van der Waals surface area contributed by atoms with Crippen molar-refractivity contribution in [2.75, 3.05) is 25.0 Å². The molecule has 0 saturated heterocycles. The van der Waals surface area contributed by atoms with Gasteiger partial charge in [-0.3, -0.25) is 10.1 Å². The van der Waals surface area contributed by atoms with Crippen molar-refractivity contribution < 1.29 is 14.4 Å². The van der Waals surface area contributed by atoms with Gasteiger partial charge in [-0.1, -0.05) is 36.4 Å². The van der Waals surface area contributed by atoms with Crippen LogP contribution in [0.4, 0.5) is 11.4 Å². The second kappa shape index (κ2) is 11.6. The molecule has 0 bridgehead atoms. The summed E-state index contributed by atoms with van der Waals surface area (Å²) < 4.78 is 11.7. The monoisotopic (exact) mass is 421 g/mol. The van der Waals surface area contributed by atoms with Gasteiger partial charge in [-0.25, -0.2) is 0 Å². The standard InChI is InChI=1S/C24H27N3O4/c1-2-30-24-16-20(8-13-23(24)31-18-19-6-4-3-5-7-19)17-25-14-15-26-21-9-11-22(12-10-21)27(28)29/h3-13,16,25-26H,2,14-15,17-18H2,1H3. The molecule has 7 heteroatoms. The van der Waals surface area contributed by atoms with E-state index in [1.807, 2.05) is 55.5 Å². The Morgan fingerprint density at radius 2 is 1.65 bits per heavy atom.